The van der Waals surface area contributed by atoms with Gasteiger partial charge < -0.3 is 15.5 Å². The highest BCUT2D eigenvalue weighted by Gasteiger charge is 2.18. The Balaban J connectivity index is 0.00000225. The van der Waals surface area contributed by atoms with Crippen LogP contribution < -0.4 is 10.6 Å². The van der Waals surface area contributed by atoms with Crippen molar-refractivity contribution in [3.05, 3.63) is 0 Å². The van der Waals surface area contributed by atoms with E-state index in [2.05, 4.69) is 27.4 Å². The number of rotatable bonds is 3. The minimum atomic E-state index is 0. The van der Waals surface area contributed by atoms with Crippen LogP contribution in [0.25, 0.3) is 0 Å². The van der Waals surface area contributed by atoms with E-state index in [0.717, 1.165) is 5.96 Å². The molecule has 0 atom stereocenters. The summed E-state index contributed by atoms with van der Waals surface area (Å²) in [5.41, 5.74) is 0. The number of guanidine groups is 1. The molecule has 0 saturated carbocycles. The minimum Gasteiger partial charge on any atom is -0.359 e. The van der Waals surface area contributed by atoms with E-state index in [-0.39, 0.29) is 24.0 Å². The molecule has 4 nitrogen and oxygen atoms in total. The molecule has 1 aliphatic heterocycles. The zero-order chi connectivity index (χ0) is 11.1. The third-order valence-electron chi connectivity index (χ3n) is 2.93. The lowest BCUT2D eigenvalue weighted by Gasteiger charge is -2.32. The van der Waals surface area contributed by atoms with Gasteiger partial charge in [-0.3, -0.25) is 4.99 Å². The second-order valence-corrected chi connectivity index (χ2v) is 4.08. The van der Waals surface area contributed by atoms with Crippen LogP contribution in [0.5, 0.6) is 0 Å². The molecule has 0 radical (unpaired) electrons. The van der Waals surface area contributed by atoms with Crippen LogP contribution in [0.3, 0.4) is 0 Å². The molecule has 0 spiro atoms. The SMILES string of the molecule is CCCN1CCC(NC(=NC)NC)CC1.I. The van der Waals surface area contributed by atoms with Crippen molar-refractivity contribution in [3.63, 3.8) is 0 Å². The molecule has 0 aliphatic carbocycles. The van der Waals surface area contributed by atoms with Crippen LogP contribution in [-0.4, -0.2) is 50.6 Å². The standard InChI is InChI=1S/C11H24N4.HI/c1-4-7-15-8-5-10(6-9-15)14-11(12-2)13-3;/h10H,4-9H2,1-3H3,(H2,12,13,14);1H. The van der Waals surface area contributed by atoms with Crippen LogP contribution in [0.1, 0.15) is 26.2 Å². The van der Waals surface area contributed by atoms with E-state index < -0.39 is 0 Å². The largest absolute Gasteiger partial charge is 0.359 e. The summed E-state index contributed by atoms with van der Waals surface area (Å²) in [5.74, 6) is 0.906. The number of piperidine rings is 1. The molecule has 1 aliphatic rings. The first kappa shape index (κ1) is 16.0. The molecule has 0 aromatic carbocycles. The van der Waals surface area contributed by atoms with Crippen LogP contribution in [0.15, 0.2) is 4.99 Å². The van der Waals surface area contributed by atoms with Gasteiger partial charge in [-0.2, -0.15) is 0 Å². The van der Waals surface area contributed by atoms with Crippen molar-refractivity contribution in [3.8, 4) is 0 Å². The Morgan fingerprint density at radius 1 is 1.38 bits per heavy atom. The molecule has 1 rings (SSSR count). The predicted octanol–water partition coefficient (Wildman–Crippen LogP) is 1.27. The Bertz CT molecular complexity index is 200. The van der Waals surface area contributed by atoms with Crippen LogP contribution >= 0.6 is 24.0 Å². The highest BCUT2D eigenvalue weighted by Crippen LogP contribution is 2.10. The molecule has 1 saturated heterocycles. The lowest BCUT2D eigenvalue weighted by Crippen LogP contribution is -2.47. The fourth-order valence-corrected chi connectivity index (χ4v) is 2.06. The Morgan fingerprint density at radius 2 is 2.00 bits per heavy atom. The monoisotopic (exact) mass is 340 g/mol. The van der Waals surface area contributed by atoms with Gasteiger partial charge in [-0.15, -0.1) is 24.0 Å². The zero-order valence-corrected chi connectivity index (χ0v) is 13.0. The number of halogens is 1. The first-order chi connectivity index (χ1) is 7.30. The van der Waals surface area contributed by atoms with Crippen molar-refractivity contribution in [1.29, 1.82) is 0 Å². The molecular formula is C11H25IN4. The van der Waals surface area contributed by atoms with Crippen molar-refractivity contribution in [2.45, 2.75) is 32.2 Å². The quantitative estimate of drug-likeness (QED) is 0.462. The van der Waals surface area contributed by atoms with E-state index in [1.165, 1.54) is 38.9 Å². The minimum absolute atomic E-state index is 0. The normalized spacial score (nSPS) is 19.1. The fraction of sp³-hybridized carbons (Fsp3) is 0.909. The van der Waals surface area contributed by atoms with Gasteiger partial charge in [0, 0.05) is 33.2 Å². The van der Waals surface area contributed by atoms with Gasteiger partial charge in [0.2, 0.25) is 0 Å². The summed E-state index contributed by atoms with van der Waals surface area (Å²) in [4.78, 5) is 6.68. The van der Waals surface area contributed by atoms with Gasteiger partial charge in [0.1, 0.15) is 0 Å². The molecule has 0 aromatic rings. The highest BCUT2D eigenvalue weighted by atomic mass is 127. The lowest BCUT2D eigenvalue weighted by molar-refractivity contribution is 0.206. The molecule has 0 aromatic heterocycles. The number of aliphatic imine (C=N–C) groups is 1. The van der Waals surface area contributed by atoms with Gasteiger partial charge in [0.05, 0.1) is 0 Å². The summed E-state index contributed by atoms with van der Waals surface area (Å²) in [6.45, 7) is 5.92. The lowest BCUT2D eigenvalue weighted by atomic mass is 10.1. The summed E-state index contributed by atoms with van der Waals surface area (Å²) in [5, 5.41) is 6.49. The first-order valence-corrected chi connectivity index (χ1v) is 5.93. The fourth-order valence-electron chi connectivity index (χ4n) is 2.06. The summed E-state index contributed by atoms with van der Waals surface area (Å²) >= 11 is 0. The molecule has 1 heterocycles. The molecule has 1 fully saturated rings. The van der Waals surface area contributed by atoms with E-state index in [1.54, 1.807) is 0 Å². The summed E-state index contributed by atoms with van der Waals surface area (Å²) in [6.07, 6.45) is 3.71. The number of nitrogens with zero attached hydrogens (tertiary/aromatic N) is 2. The predicted molar refractivity (Wildman–Crippen MR) is 80.7 cm³/mol. The van der Waals surface area contributed by atoms with E-state index in [1.807, 2.05) is 14.1 Å². The van der Waals surface area contributed by atoms with E-state index in [4.69, 9.17) is 0 Å². The van der Waals surface area contributed by atoms with Crippen LogP contribution in [0.4, 0.5) is 0 Å². The maximum atomic E-state index is 4.14. The van der Waals surface area contributed by atoms with Gasteiger partial charge in [-0.25, -0.2) is 0 Å². The second-order valence-electron chi connectivity index (χ2n) is 4.08. The Morgan fingerprint density at radius 3 is 2.44 bits per heavy atom. The first-order valence-electron chi connectivity index (χ1n) is 5.93. The van der Waals surface area contributed by atoms with E-state index >= 15 is 0 Å². The molecule has 0 bridgehead atoms. The summed E-state index contributed by atoms with van der Waals surface area (Å²) in [7, 11) is 3.71. The average molecular weight is 340 g/mol. The maximum Gasteiger partial charge on any atom is 0.190 e. The zero-order valence-electron chi connectivity index (χ0n) is 10.6. The van der Waals surface area contributed by atoms with Gasteiger partial charge in [0.15, 0.2) is 5.96 Å². The Kier molecular flexibility index (Phi) is 9.02. The topological polar surface area (TPSA) is 39.7 Å². The second kappa shape index (κ2) is 9.04. The summed E-state index contributed by atoms with van der Waals surface area (Å²) < 4.78 is 0. The maximum absolute atomic E-state index is 4.14. The molecule has 16 heavy (non-hydrogen) atoms. The molecule has 5 heteroatoms. The Hall–Kier alpha value is -0.0400. The average Bonchev–Trinajstić information content (AvgIpc) is 2.28. The highest BCUT2D eigenvalue weighted by molar-refractivity contribution is 14.0. The van der Waals surface area contributed by atoms with E-state index in [9.17, 15) is 0 Å². The van der Waals surface area contributed by atoms with Crippen LogP contribution in [0, 0.1) is 0 Å². The van der Waals surface area contributed by atoms with Gasteiger partial charge in [-0.05, 0) is 25.8 Å². The van der Waals surface area contributed by atoms with Gasteiger partial charge >= 0.3 is 0 Å². The molecule has 2 N–H and O–H groups in total. The number of hydrogen-bond acceptors (Lipinski definition) is 2. The van der Waals surface area contributed by atoms with Crippen LogP contribution in [-0.2, 0) is 0 Å². The number of hydrogen-bond donors (Lipinski definition) is 2. The molecule has 0 unspecified atom stereocenters. The van der Waals surface area contributed by atoms with Crippen molar-refractivity contribution in [2.24, 2.45) is 4.99 Å². The third-order valence-corrected chi connectivity index (χ3v) is 2.93. The Labute approximate surface area is 116 Å². The van der Waals surface area contributed by atoms with Gasteiger partial charge in [-0.1, -0.05) is 6.92 Å². The van der Waals surface area contributed by atoms with Crippen molar-refractivity contribution in [2.75, 3.05) is 33.7 Å². The van der Waals surface area contributed by atoms with Crippen molar-refractivity contribution < 1.29 is 0 Å². The number of nitrogens with one attached hydrogen (secondary N) is 2. The van der Waals surface area contributed by atoms with Crippen LogP contribution in [0.2, 0.25) is 0 Å². The van der Waals surface area contributed by atoms with Crippen molar-refractivity contribution in [1.82, 2.24) is 15.5 Å². The van der Waals surface area contributed by atoms with Gasteiger partial charge in [0.25, 0.3) is 0 Å². The third kappa shape index (κ3) is 5.34. The molecule has 96 valence electrons. The van der Waals surface area contributed by atoms with Crippen molar-refractivity contribution >= 4 is 29.9 Å². The summed E-state index contributed by atoms with van der Waals surface area (Å²) in [6, 6.07) is 0.587. The smallest absolute Gasteiger partial charge is 0.190 e. The number of likely N-dealkylation sites (tertiary alicyclic amines) is 1. The van der Waals surface area contributed by atoms with E-state index in [0.29, 0.717) is 6.04 Å². The molecular weight excluding hydrogens is 315 g/mol. The molecule has 0 amide bonds.